The largest absolute Gasteiger partial charge is 0.487 e. The van der Waals surface area contributed by atoms with Gasteiger partial charge in [0.1, 0.15) is 16.9 Å². The van der Waals surface area contributed by atoms with Gasteiger partial charge in [0.15, 0.2) is 5.43 Å². The number of pyridine rings is 1. The molecule has 1 aromatic carbocycles. The number of benzene rings is 1. The summed E-state index contributed by atoms with van der Waals surface area (Å²) in [7, 11) is 0. The Balaban J connectivity index is 0.000000492. The average molecular weight is 482 g/mol. The molecule has 0 spiro atoms. The van der Waals surface area contributed by atoms with Gasteiger partial charge in [0.05, 0.1) is 5.69 Å². The number of carboxylic acids is 1. The molecule has 34 heavy (non-hydrogen) atoms. The maximum Gasteiger partial charge on any atom is 0.341 e. The molecule has 2 aliphatic heterocycles. The van der Waals surface area contributed by atoms with Crippen molar-refractivity contribution in [3.63, 3.8) is 0 Å². The molecule has 4 heterocycles. The van der Waals surface area contributed by atoms with Crippen LogP contribution in [0.2, 0.25) is 0 Å². The third-order valence-electron chi connectivity index (χ3n) is 5.50. The Labute approximate surface area is 206 Å². The van der Waals surface area contributed by atoms with Crippen LogP contribution >= 0.6 is 11.3 Å². The van der Waals surface area contributed by atoms with E-state index in [1.165, 1.54) is 23.4 Å². The second-order valence-electron chi connectivity index (χ2n) is 9.69. The van der Waals surface area contributed by atoms with Gasteiger partial charge in [-0.25, -0.2) is 4.79 Å². The zero-order chi connectivity index (χ0) is 25.2. The van der Waals surface area contributed by atoms with Crippen molar-refractivity contribution in [3.05, 3.63) is 62.8 Å². The van der Waals surface area contributed by atoms with E-state index in [9.17, 15) is 14.7 Å². The highest BCUT2D eigenvalue weighted by molar-refractivity contribution is 7.13. The van der Waals surface area contributed by atoms with Crippen LogP contribution in [-0.2, 0) is 19.4 Å². The number of carboxylic acid groups (broad SMARTS) is 1. The number of aryl methyl sites for hydroxylation is 1. The van der Waals surface area contributed by atoms with Crippen LogP contribution in [0, 0.1) is 5.92 Å². The fraction of sp³-hybridized carbons (Fsp3) is 0.429. The number of aromatic nitrogens is 1. The molecule has 3 aromatic rings. The quantitative estimate of drug-likeness (QED) is 0.432. The van der Waals surface area contributed by atoms with Gasteiger partial charge in [-0.2, -0.15) is 0 Å². The number of aromatic carboxylic acids is 1. The van der Waals surface area contributed by atoms with E-state index in [0.29, 0.717) is 6.54 Å². The molecular formula is C28H35NO4S. The van der Waals surface area contributed by atoms with E-state index >= 15 is 0 Å². The number of thiophene rings is 1. The van der Waals surface area contributed by atoms with E-state index < -0.39 is 11.4 Å². The molecule has 0 fully saturated rings. The molecule has 0 saturated carbocycles. The van der Waals surface area contributed by atoms with Crippen LogP contribution in [-0.4, -0.2) is 21.2 Å². The minimum atomic E-state index is -1.19. The fourth-order valence-corrected chi connectivity index (χ4v) is 5.05. The highest BCUT2D eigenvalue weighted by Crippen LogP contribution is 2.49. The van der Waals surface area contributed by atoms with Crippen LogP contribution in [0.4, 0.5) is 0 Å². The molecule has 0 radical (unpaired) electrons. The first-order valence-electron chi connectivity index (χ1n) is 12.0. The molecule has 0 unspecified atom stereocenters. The topological polar surface area (TPSA) is 68.5 Å². The summed E-state index contributed by atoms with van der Waals surface area (Å²) >= 11 is 1.66. The van der Waals surface area contributed by atoms with Gasteiger partial charge in [-0.05, 0) is 49.3 Å². The van der Waals surface area contributed by atoms with Gasteiger partial charge in [0.2, 0.25) is 0 Å². The van der Waals surface area contributed by atoms with E-state index in [1.54, 1.807) is 11.3 Å². The Kier molecular flexibility index (Phi) is 7.71. The van der Waals surface area contributed by atoms with E-state index in [-0.39, 0.29) is 11.2 Å². The number of fused-ring (bicyclic) bond motifs is 5. The second-order valence-corrected chi connectivity index (χ2v) is 10.6. The van der Waals surface area contributed by atoms with E-state index in [2.05, 4.69) is 46.8 Å². The maximum atomic E-state index is 12.4. The van der Waals surface area contributed by atoms with Crippen LogP contribution in [0.3, 0.4) is 0 Å². The first-order chi connectivity index (χ1) is 16.1. The summed E-state index contributed by atoms with van der Waals surface area (Å²) in [5.41, 5.74) is 4.34. The molecule has 1 N–H and O–H groups in total. The van der Waals surface area contributed by atoms with Crippen molar-refractivity contribution in [2.24, 2.45) is 5.92 Å². The normalized spacial score (nSPS) is 14.5. The summed E-state index contributed by atoms with van der Waals surface area (Å²) in [6, 6.07) is 7.66. The number of hydrogen-bond acceptors (Lipinski definition) is 4. The third-order valence-corrected chi connectivity index (χ3v) is 6.40. The van der Waals surface area contributed by atoms with Crippen LogP contribution in [0.15, 0.2) is 40.6 Å². The number of carbonyl (C=O) groups is 1. The highest BCUT2D eigenvalue weighted by Gasteiger charge is 2.36. The lowest BCUT2D eigenvalue weighted by Crippen LogP contribution is -2.25. The smallest absolute Gasteiger partial charge is 0.341 e. The highest BCUT2D eigenvalue weighted by atomic mass is 32.1. The molecule has 0 bridgehead atoms. The fourth-order valence-electron chi connectivity index (χ4n) is 4.31. The van der Waals surface area contributed by atoms with E-state index in [1.807, 2.05) is 29.9 Å². The Hall–Kier alpha value is -2.86. The predicted octanol–water partition coefficient (Wildman–Crippen LogP) is 6.90. The lowest BCUT2D eigenvalue weighted by molar-refractivity contribution is 0.0694. The van der Waals surface area contributed by atoms with Crippen molar-refractivity contribution in [3.8, 4) is 27.4 Å². The van der Waals surface area contributed by atoms with Gasteiger partial charge in [-0.3, -0.25) is 4.79 Å². The molecule has 0 aliphatic carbocycles. The van der Waals surface area contributed by atoms with Gasteiger partial charge in [0, 0.05) is 46.8 Å². The van der Waals surface area contributed by atoms with Crippen LogP contribution in [0.5, 0.6) is 5.75 Å². The van der Waals surface area contributed by atoms with Crippen LogP contribution < -0.4 is 10.2 Å². The number of nitrogens with zero attached hydrogens (tertiary/aromatic N) is 1. The summed E-state index contributed by atoms with van der Waals surface area (Å²) in [4.78, 5) is 24.9. The van der Waals surface area contributed by atoms with Crippen molar-refractivity contribution < 1.29 is 14.6 Å². The molecular weight excluding hydrogens is 446 g/mol. The summed E-state index contributed by atoms with van der Waals surface area (Å²) in [5.74, 6) is 0.596. The monoisotopic (exact) mass is 481 g/mol. The first-order valence-corrected chi connectivity index (χ1v) is 12.8. The molecule has 6 heteroatoms. The Morgan fingerprint density at radius 1 is 1.15 bits per heavy atom. The van der Waals surface area contributed by atoms with Crippen molar-refractivity contribution in [1.82, 2.24) is 4.57 Å². The zero-order valence-electron chi connectivity index (χ0n) is 21.2. The Morgan fingerprint density at radius 3 is 2.41 bits per heavy atom. The molecule has 5 rings (SSSR count). The minimum Gasteiger partial charge on any atom is -0.487 e. The predicted molar refractivity (Wildman–Crippen MR) is 140 cm³/mol. The van der Waals surface area contributed by atoms with E-state index in [0.717, 1.165) is 46.2 Å². The van der Waals surface area contributed by atoms with E-state index in [4.69, 9.17) is 4.74 Å². The second kappa shape index (κ2) is 10.2. The van der Waals surface area contributed by atoms with Crippen molar-refractivity contribution in [1.29, 1.82) is 0 Å². The van der Waals surface area contributed by atoms with Crippen molar-refractivity contribution in [2.45, 2.75) is 73.5 Å². The molecule has 182 valence electrons. The van der Waals surface area contributed by atoms with Gasteiger partial charge in [0.25, 0.3) is 0 Å². The standard InChI is InChI=1S/C22H19NO4S.C4H10.C2H6/c1-22(2)10-15-12-5-6-23-11-16(21(25)26)18(24)9-17(23)13(12)8-14(20(15)27-22)19-4-3-7-28-19;1-4(2)3;1-2/h3-4,7-9,11H,5-6,10H2,1-2H3,(H,25,26);4H,1-3H3;1-2H3. The number of ether oxygens (including phenoxy) is 1. The molecule has 2 aliphatic rings. The first kappa shape index (κ1) is 25.8. The summed E-state index contributed by atoms with van der Waals surface area (Å²) in [6.07, 6.45) is 3.08. The summed E-state index contributed by atoms with van der Waals surface area (Å²) in [6.45, 7) is 15.3. The molecule has 5 nitrogen and oxygen atoms in total. The summed E-state index contributed by atoms with van der Waals surface area (Å²) < 4.78 is 8.23. The van der Waals surface area contributed by atoms with Gasteiger partial charge in [-0.1, -0.05) is 40.7 Å². The molecule has 0 amide bonds. The van der Waals surface area contributed by atoms with Crippen molar-refractivity contribution in [2.75, 3.05) is 0 Å². The minimum absolute atomic E-state index is 0.184. The zero-order valence-corrected chi connectivity index (χ0v) is 22.0. The Morgan fingerprint density at radius 2 is 1.82 bits per heavy atom. The molecule has 2 aromatic heterocycles. The van der Waals surface area contributed by atoms with Gasteiger partial charge in [-0.15, -0.1) is 11.3 Å². The summed E-state index contributed by atoms with van der Waals surface area (Å²) in [5, 5.41) is 11.3. The SMILES string of the molecule is CC.CC(C)C.CC1(C)Cc2c3c(cc(-c4cccs4)c2O1)-c1cc(=O)c(C(=O)O)cn1CC3. The lowest BCUT2D eigenvalue weighted by Gasteiger charge is -2.25. The third kappa shape index (κ3) is 5.12. The van der Waals surface area contributed by atoms with Gasteiger partial charge >= 0.3 is 5.97 Å². The van der Waals surface area contributed by atoms with Crippen LogP contribution in [0.25, 0.3) is 21.7 Å². The van der Waals surface area contributed by atoms with Crippen LogP contribution in [0.1, 0.15) is 70.0 Å². The molecule has 0 atom stereocenters. The number of rotatable bonds is 2. The van der Waals surface area contributed by atoms with Gasteiger partial charge < -0.3 is 14.4 Å². The Bertz CT molecular complexity index is 1230. The number of hydrogen-bond donors (Lipinski definition) is 1. The lowest BCUT2D eigenvalue weighted by atomic mass is 9.86. The van der Waals surface area contributed by atoms with Crippen molar-refractivity contribution >= 4 is 17.3 Å². The molecule has 0 saturated heterocycles. The maximum absolute atomic E-state index is 12.4. The average Bonchev–Trinajstić information content (AvgIpc) is 3.40.